The van der Waals surface area contributed by atoms with Gasteiger partial charge in [-0.3, -0.25) is 4.79 Å². The van der Waals surface area contributed by atoms with E-state index in [1.165, 1.54) is 4.31 Å². The van der Waals surface area contributed by atoms with E-state index in [4.69, 9.17) is 4.74 Å². The van der Waals surface area contributed by atoms with Gasteiger partial charge in [-0.15, -0.1) is 0 Å². The van der Waals surface area contributed by atoms with Crippen LogP contribution in [0.2, 0.25) is 0 Å². The minimum atomic E-state index is -3.62. The van der Waals surface area contributed by atoms with E-state index in [-0.39, 0.29) is 22.8 Å². The van der Waals surface area contributed by atoms with Gasteiger partial charge in [-0.05, 0) is 31.4 Å². The Balaban J connectivity index is 1.93. The highest BCUT2D eigenvalue weighted by Gasteiger charge is 2.41. The van der Waals surface area contributed by atoms with Gasteiger partial charge >= 0.3 is 0 Å². The lowest BCUT2D eigenvalue weighted by atomic mass is 10.0. The molecule has 0 radical (unpaired) electrons. The minimum absolute atomic E-state index is 0.0590. The van der Waals surface area contributed by atoms with Gasteiger partial charge in [-0.1, -0.05) is 24.6 Å². The fourth-order valence-electron chi connectivity index (χ4n) is 3.59. The smallest absolute Gasteiger partial charge is 0.243 e. The second kappa shape index (κ2) is 7.63. The standard InChI is InChI=1S/C17H24N2O4S/c20-17-15-8-4-9-16(15)19(11-5-12-23-13-10-18-17)24(21,22)14-6-2-1-3-7-14/h1-3,6-7,15-16H,4-5,8-13H2,(H,18,20)/t15-,16+/m1/s1. The number of carbonyl (C=O) groups is 1. The maximum Gasteiger partial charge on any atom is 0.243 e. The molecule has 0 unspecified atom stereocenters. The van der Waals surface area contributed by atoms with Crippen molar-refractivity contribution in [3.63, 3.8) is 0 Å². The highest BCUT2D eigenvalue weighted by atomic mass is 32.2. The van der Waals surface area contributed by atoms with Crippen molar-refractivity contribution in [2.24, 2.45) is 5.92 Å². The maximum atomic E-state index is 13.1. The van der Waals surface area contributed by atoms with Crippen molar-refractivity contribution in [3.05, 3.63) is 30.3 Å². The molecule has 0 bridgehead atoms. The van der Waals surface area contributed by atoms with E-state index in [1.54, 1.807) is 30.3 Å². The molecule has 0 spiro atoms. The molecule has 1 aliphatic carbocycles. The van der Waals surface area contributed by atoms with Crippen LogP contribution in [-0.4, -0.2) is 51.0 Å². The molecule has 132 valence electrons. The Morgan fingerprint density at radius 3 is 2.67 bits per heavy atom. The minimum Gasteiger partial charge on any atom is -0.380 e. The summed E-state index contributed by atoms with van der Waals surface area (Å²) < 4.78 is 33.3. The second-order valence-electron chi connectivity index (χ2n) is 6.29. The van der Waals surface area contributed by atoms with E-state index < -0.39 is 10.0 Å². The van der Waals surface area contributed by atoms with Crippen LogP contribution in [0.3, 0.4) is 0 Å². The monoisotopic (exact) mass is 352 g/mol. The predicted molar refractivity (Wildman–Crippen MR) is 89.9 cm³/mol. The summed E-state index contributed by atoms with van der Waals surface area (Å²) in [4.78, 5) is 12.7. The molecular weight excluding hydrogens is 328 g/mol. The van der Waals surface area contributed by atoms with Gasteiger partial charge in [0.2, 0.25) is 15.9 Å². The third-order valence-corrected chi connectivity index (χ3v) is 6.69. The fourth-order valence-corrected chi connectivity index (χ4v) is 5.34. The summed E-state index contributed by atoms with van der Waals surface area (Å²) in [6.07, 6.45) is 2.96. The average molecular weight is 352 g/mol. The van der Waals surface area contributed by atoms with Crippen LogP contribution < -0.4 is 5.32 Å². The Hall–Kier alpha value is -1.44. The molecule has 1 aliphatic heterocycles. The molecule has 2 atom stereocenters. The molecule has 6 nitrogen and oxygen atoms in total. The number of ether oxygens (including phenoxy) is 1. The number of sulfonamides is 1. The summed E-state index contributed by atoms with van der Waals surface area (Å²) in [5.41, 5.74) is 0. The molecule has 3 rings (SSSR count). The summed E-state index contributed by atoms with van der Waals surface area (Å²) in [7, 11) is -3.62. The number of rotatable bonds is 2. The zero-order valence-corrected chi connectivity index (χ0v) is 14.5. The Morgan fingerprint density at radius 2 is 1.88 bits per heavy atom. The van der Waals surface area contributed by atoms with Crippen LogP contribution in [0.15, 0.2) is 35.2 Å². The third-order valence-electron chi connectivity index (χ3n) is 4.75. The first-order valence-corrected chi connectivity index (χ1v) is 9.97. The van der Waals surface area contributed by atoms with Crippen LogP contribution in [-0.2, 0) is 19.6 Å². The van der Waals surface area contributed by atoms with E-state index in [1.807, 2.05) is 0 Å². The van der Waals surface area contributed by atoms with Crippen LogP contribution >= 0.6 is 0 Å². The van der Waals surface area contributed by atoms with Gasteiger partial charge < -0.3 is 10.1 Å². The van der Waals surface area contributed by atoms with Crippen LogP contribution in [0.25, 0.3) is 0 Å². The Kier molecular flexibility index (Phi) is 5.53. The lowest BCUT2D eigenvalue weighted by Gasteiger charge is -2.31. The van der Waals surface area contributed by atoms with Gasteiger partial charge in [0.05, 0.1) is 17.4 Å². The largest absolute Gasteiger partial charge is 0.380 e. The molecule has 1 saturated heterocycles. The average Bonchev–Trinajstić information content (AvgIpc) is 3.05. The zero-order valence-electron chi connectivity index (χ0n) is 13.7. The Bertz CT molecular complexity index is 662. The van der Waals surface area contributed by atoms with E-state index in [0.29, 0.717) is 32.7 Å². The number of amides is 1. The molecule has 1 saturated carbocycles. The van der Waals surface area contributed by atoms with Crippen molar-refractivity contribution in [2.75, 3.05) is 26.3 Å². The van der Waals surface area contributed by atoms with Gasteiger partial charge in [0.25, 0.3) is 0 Å². The van der Waals surface area contributed by atoms with Gasteiger partial charge in [0, 0.05) is 25.7 Å². The van der Waals surface area contributed by atoms with Gasteiger partial charge in [-0.25, -0.2) is 8.42 Å². The summed E-state index contributed by atoms with van der Waals surface area (Å²) in [6.45, 7) is 1.82. The summed E-state index contributed by atoms with van der Waals surface area (Å²) in [5.74, 6) is -0.335. The fraction of sp³-hybridized carbons (Fsp3) is 0.588. The Morgan fingerprint density at radius 1 is 1.08 bits per heavy atom. The first-order valence-electron chi connectivity index (χ1n) is 8.53. The van der Waals surface area contributed by atoms with E-state index in [9.17, 15) is 13.2 Å². The topological polar surface area (TPSA) is 75.7 Å². The number of carbonyl (C=O) groups excluding carboxylic acids is 1. The predicted octanol–water partition coefficient (Wildman–Crippen LogP) is 1.38. The van der Waals surface area contributed by atoms with E-state index >= 15 is 0 Å². The normalized spacial score (nSPS) is 27.1. The van der Waals surface area contributed by atoms with Crippen LogP contribution in [0.5, 0.6) is 0 Å². The molecule has 1 aromatic rings. The van der Waals surface area contributed by atoms with Crippen molar-refractivity contribution in [1.82, 2.24) is 9.62 Å². The van der Waals surface area contributed by atoms with Gasteiger partial charge in [-0.2, -0.15) is 4.31 Å². The maximum absolute atomic E-state index is 13.1. The van der Waals surface area contributed by atoms with Gasteiger partial charge in [0.1, 0.15) is 0 Å². The van der Waals surface area contributed by atoms with Crippen molar-refractivity contribution in [3.8, 4) is 0 Å². The van der Waals surface area contributed by atoms with Crippen molar-refractivity contribution >= 4 is 15.9 Å². The number of nitrogens with one attached hydrogen (secondary N) is 1. The summed E-state index contributed by atoms with van der Waals surface area (Å²) in [5, 5.41) is 2.88. The lowest BCUT2D eigenvalue weighted by molar-refractivity contribution is -0.126. The van der Waals surface area contributed by atoms with Gasteiger partial charge in [0.15, 0.2) is 0 Å². The van der Waals surface area contributed by atoms with Crippen LogP contribution in [0, 0.1) is 5.92 Å². The molecule has 1 amide bonds. The molecule has 1 aromatic carbocycles. The van der Waals surface area contributed by atoms with Crippen molar-refractivity contribution < 1.29 is 17.9 Å². The van der Waals surface area contributed by atoms with Crippen LogP contribution in [0.1, 0.15) is 25.7 Å². The second-order valence-corrected chi connectivity index (χ2v) is 8.18. The summed E-state index contributed by atoms with van der Waals surface area (Å²) >= 11 is 0. The molecular formula is C17H24N2O4S. The Labute approximate surface area is 143 Å². The number of fused-ring (bicyclic) bond motifs is 1. The van der Waals surface area contributed by atoms with Crippen molar-refractivity contribution in [1.29, 1.82) is 0 Å². The molecule has 1 heterocycles. The quantitative estimate of drug-likeness (QED) is 0.873. The molecule has 7 heteroatoms. The van der Waals surface area contributed by atoms with E-state index in [0.717, 1.165) is 19.3 Å². The number of benzene rings is 1. The highest BCUT2D eigenvalue weighted by Crippen LogP contribution is 2.34. The highest BCUT2D eigenvalue weighted by molar-refractivity contribution is 7.89. The SMILES string of the molecule is O=C1NCCOCCCN(S(=O)(=O)c2ccccc2)[C@H]2CCC[C@@H]12. The zero-order chi connectivity index (χ0) is 17.0. The first kappa shape index (κ1) is 17.4. The first-order chi connectivity index (χ1) is 11.6. The number of hydrogen-bond acceptors (Lipinski definition) is 4. The van der Waals surface area contributed by atoms with Crippen molar-refractivity contribution in [2.45, 2.75) is 36.6 Å². The molecule has 0 aromatic heterocycles. The molecule has 24 heavy (non-hydrogen) atoms. The van der Waals surface area contributed by atoms with E-state index in [2.05, 4.69) is 5.32 Å². The lowest BCUT2D eigenvalue weighted by Crippen LogP contribution is -2.47. The molecule has 2 fully saturated rings. The number of hydrogen-bond donors (Lipinski definition) is 1. The third kappa shape index (κ3) is 3.63. The molecule has 1 N–H and O–H groups in total. The molecule has 2 aliphatic rings. The summed E-state index contributed by atoms with van der Waals surface area (Å²) in [6, 6.07) is 8.20. The van der Waals surface area contributed by atoms with Crippen LogP contribution in [0.4, 0.5) is 0 Å². The number of nitrogens with zero attached hydrogens (tertiary/aromatic N) is 1.